The number of benzene rings is 1. The van der Waals surface area contributed by atoms with Gasteiger partial charge in [-0.3, -0.25) is 0 Å². The maximum Gasteiger partial charge on any atom is 0.125 e. The number of nitrogens with one attached hydrogen (secondary N) is 2. The third-order valence-electron chi connectivity index (χ3n) is 4.33. The van der Waals surface area contributed by atoms with E-state index in [9.17, 15) is 4.79 Å². The Morgan fingerprint density at radius 2 is 1.67 bits per heavy atom. The zero-order valence-corrected chi connectivity index (χ0v) is 17.6. The third kappa shape index (κ3) is 8.46. The SMILES string of the molecule is CNc1ccc(-c2ccc(NCCOCCOCCOCCN)nc2)cc1CC=O. The number of carbonyl (C=O) groups excluding carboxylic acids is 1. The number of rotatable bonds is 16. The van der Waals surface area contributed by atoms with Crippen LogP contribution in [0.2, 0.25) is 0 Å². The normalized spacial score (nSPS) is 10.7. The minimum Gasteiger partial charge on any atom is -0.388 e. The molecule has 0 atom stereocenters. The fraction of sp³-hybridized carbons (Fsp3) is 0.455. The molecule has 0 aliphatic carbocycles. The van der Waals surface area contributed by atoms with E-state index in [2.05, 4.69) is 15.6 Å². The van der Waals surface area contributed by atoms with Crippen LogP contribution in [0, 0.1) is 0 Å². The minimum atomic E-state index is 0.379. The Balaban J connectivity index is 1.68. The molecule has 0 aliphatic heterocycles. The average molecular weight is 417 g/mol. The van der Waals surface area contributed by atoms with Crippen LogP contribution in [-0.2, 0) is 25.4 Å². The fourth-order valence-electron chi connectivity index (χ4n) is 2.82. The maximum absolute atomic E-state index is 10.9. The van der Waals surface area contributed by atoms with Gasteiger partial charge in [-0.25, -0.2) is 4.98 Å². The molecular weight excluding hydrogens is 384 g/mol. The topological polar surface area (TPSA) is 108 Å². The molecule has 0 spiro atoms. The van der Waals surface area contributed by atoms with Crippen molar-refractivity contribution in [1.82, 2.24) is 4.98 Å². The second kappa shape index (κ2) is 14.5. The largest absolute Gasteiger partial charge is 0.388 e. The highest BCUT2D eigenvalue weighted by molar-refractivity contribution is 5.71. The molecule has 2 rings (SSSR count). The van der Waals surface area contributed by atoms with Crippen molar-refractivity contribution in [2.75, 3.05) is 70.4 Å². The summed E-state index contributed by atoms with van der Waals surface area (Å²) in [7, 11) is 1.85. The first-order valence-electron chi connectivity index (χ1n) is 10.2. The quantitative estimate of drug-likeness (QED) is 0.282. The van der Waals surface area contributed by atoms with E-state index in [1.807, 2.05) is 43.6 Å². The molecular formula is C22H32N4O4. The summed E-state index contributed by atoms with van der Waals surface area (Å²) in [5.74, 6) is 0.788. The fourth-order valence-corrected chi connectivity index (χ4v) is 2.82. The van der Waals surface area contributed by atoms with E-state index < -0.39 is 0 Å². The second-order valence-corrected chi connectivity index (χ2v) is 6.48. The smallest absolute Gasteiger partial charge is 0.125 e. The zero-order chi connectivity index (χ0) is 21.4. The first-order chi connectivity index (χ1) is 14.8. The van der Waals surface area contributed by atoms with Gasteiger partial charge < -0.3 is 35.4 Å². The van der Waals surface area contributed by atoms with E-state index in [4.69, 9.17) is 19.9 Å². The Kier molecular flexibility index (Phi) is 11.5. The monoisotopic (exact) mass is 416 g/mol. The van der Waals surface area contributed by atoms with Crippen LogP contribution in [0.15, 0.2) is 36.5 Å². The van der Waals surface area contributed by atoms with E-state index in [0.29, 0.717) is 59.2 Å². The van der Waals surface area contributed by atoms with Crippen molar-refractivity contribution in [3.05, 3.63) is 42.1 Å². The second-order valence-electron chi connectivity index (χ2n) is 6.48. The number of aldehydes is 1. The summed E-state index contributed by atoms with van der Waals surface area (Å²) in [4.78, 5) is 15.4. The molecule has 0 amide bonds. The van der Waals surface area contributed by atoms with Gasteiger partial charge in [0.1, 0.15) is 12.1 Å². The molecule has 0 fully saturated rings. The molecule has 8 heteroatoms. The van der Waals surface area contributed by atoms with Gasteiger partial charge in [0.05, 0.1) is 39.6 Å². The standard InChI is InChI=1S/C22H32N4O4/c1-24-21-4-2-18(16-19(21)6-9-27)20-3-5-22(26-17-20)25-8-11-29-13-15-30-14-12-28-10-7-23/h2-5,9,16-17,24H,6-8,10-15,23H2,1H3,(H,25,26). The van der Waals surface area contributed by atoms with Crippen molar-refractivity contribution in [2.24, 2.45) is 5.73 Å². The maximum atomic E-state index is 10.9. The van der Waals surface area contributed by atoms with E-state index in [1.54, 1.807) is 0 Å². The van der Waals surface area contributed by atoms with Gasteiger partial charge in [0.15, 0.2) is 0 Å². The molecule has 164 valence electrons. The Labute approximate surface area is 178 Å². The first kappa shape index (κ1) is 23.8. The molecule has 30 heavy (non-hydrogen) atoms. The Morgan fingerprint density at radius 1 is 0.967 bits per heavy atom. The van der Waals surface area contributed by atoms with Crippen molar-refractivity contribution in [3.8, 4) is 11.1 Å². The van der Waals surface area contributed by atoms with Gasteiger partial charge in [0, 0.05) is 44.0 Å². The van der Waals surface area contributed by atoms with Crippen molar-refractivity contribution >= 4 is 17.8 Å². The molecule has 1 aromatic heterocycles. The Bertz CT molecular complexity index is 740. The van der Waals surface area contributed by atoms with Crippen LogP contribution >= 0.6 is 0 Å². The molecule has 0 saturated heterocycles. The van der Waals surface area contributed by atoms with E-state index in [-0.39, 0.29) is 0 Å². The van der Waals surface area contributed by atoms with Crippen molar-refractivity contribution in [2.45, 2.75) is 6.42 Å². The molecule has 2 aromatic rings. The number of nitrogens with two attached hydrogens (primary N) is 1. The highest BCUT2D eigenvalue weighted by Gasteiger charge is 2.05. The molecule has 0 bridgehead atoms. The Hall–Kier alpha value is -2.52. The number of pyridine rings is 1. The van der Waals surface area contributed by atoms with Gasteiger partial charge in [-0.2, -0.15) is 0 Å². The number of carbonyl (C=O) groups is 1. The van der Waals surface area contributed by atoms with Gasteiger partial charge in [0.2, 0.25) is 0 Å². The summed E-state index contributed by atoms with van der Waals surface area (Å²) in [5, 5.41) is 6.34. The van der Waals surface area contributed by atoms with Crippen LogP contribution in [0.5, 0.6) is 0 Å². The van der Waals surface area contributed by atoms with Crippen LogP contribution < -0.4 is 16.4 Å². The highest BCUT2D eigenvalue weighted by Crippen LogP contribution is 2.25. The summed E-state index contributed by atoms with van der Waals surface area (Å²) in [6, 6.07) is 9.96. The van der Waals surface area contributed by atoms with Gasteiger partial charge in [-0.1, -0.05) is 6.07 Å². The van der Waals surface area contributed by atoms with Gasteiger partial charge >= 0.3 is 0 Å². The lowest BCUT2D eigenvalue weighted by molar-refractivity contribution is -0.107. The molecule has 0 unspecified atom stereocenters. The lowest BCUT2D eigenvalue weighted by Gasteiger charge is -2.11. The lowest BCUT2D eigenvalue weighted by atomic mass is 10.0. The van der Waals surface area contributed by atoms with Crippen LogP contribution in [0.4, 0.5) is 11.5 Å². The first-order valence-corrected chi connectivity index (χ1v) is 10.2. The molecule has 1 aromatic carbocycles. The molecule has 1 heterocycles. The number of hydrogen-bond acceptors (Lipinski definition) is 8. The number of anilines is 2. The van der Waals surface area contributed by atoms with Crippen LogP contribution in [0.25, 0.3) is 11.1 Å². The number of nitrogens with zero attached hydrogens (tertiary/aromatic N) is 1. The molecule has 0 radical (unpaired) electrons. The van der Waals surface area contributed by atoms with Crippen LogP contribution in [-0.4, -0.2) is 71.0 Å². The Morgan fingerprint density at radius 3 is 2.30 bits per heavy atom. The van der Waals surface area contributed by atoms with Crippen molar-refractivity contribution in [3.63, 3.8) is 0 Å². The third-order valence-corrected chi connectivity index (χ3v) is 4.33. The summed E-state index contributed by atoms with van der Waals surface area (Å²) in [6.07, 6.45) is 3.12. The number of ether oxygens (including phenoxy) is 3. The molecule has 0 saturated carbocycles. The summed E-state index contributed by atoms with van der Waals surface area (Å²) < 4.78 is 16.1. The predicted octanol–water partition coefficient (Wildman–Crippen LogP) is 1.95. The van der Waals surface area contributed by atoms with E-state index in [1.165, 1.54) is 0 Å². The highest BCUT2D eigenvalue weighted by atomic mass is 16.5. The number of aromatic nitrogens is 1. The summed E-state index contributed by atoms with van der Waals surface area (Å²) in [5.41, 5.74) is 9.29. The summed E-state index contributed by atoms with van der Waals surface area (Å²) in [6.45, 7) is 4.49. The lowest BCUT2D eigenvalue weighted by Crippen LogP contribution is -2.15. The summed E-state index contributed by atoms with van der Waals surface area (Å²) >= 11 is 0. The molecule has 0 aliphatic rings. The van der Waals surface area contributed by atoms with Gasteiger partial charge in [0.25, 0.3) is 0 Å². The van der Waals surface area contributed by atoms with Crippen LogP contribution in [0.1, 0.15) is 5.56 Å². The minimum absolute atomic E-state index is 0.379. The van der Waals surface area contributed by atoms with Crippen molar-refractivity contribution < 1.29 is 19.0 Å². The zero-order valence-electron chi connectivity index (χ0n) is 17.6. The molecule has 8 nitrogen and oxygen atoms in total. The molecule has 4 N–H and O–H groups in total. The van der Waals surface area contributed by atoms with E-state index in [0.717, 1.165) is 34.5 Å². The van der Waals surface area contributed by atoms with E-state index >= 15 is 0 Å². The van der Waals surface area contributed by atoms with Crippen LogP contribution in [0.3, 0.4) is 0 Å². The van der Waals surface area contributed by atoms with Gasteiger partial charge in [-0.05, 0) is 35.4 Å². The van der Waals surface area contributed by atoms with Crippen molar-refractivity contribution in [1.29, 1.82) is 0 Å². The number of hydrogen-bond donors (Lipinski definition) is 3. The van der Waals surface area contributed by atoms with Gasteiger partial charge in [-0.15, -0.1) is 0 Å². The average Bonchev–Trinajstić information content (AvgIpc) is 2.78. The predicted molar refractivity (Wildman–Crippen MR) is 119 cm³/mol.